The molecular weight excluding hydrogens is 344 g/mol. The molecular formula is C16H8N4O6. The zero-order valence-corrected chi connectivity index (χ0v) is 12.8. The van der Waals surface area contributed by atoms with Crippen molar-refractivity contribution >= 4 is 33.4 Å². The van der Waals surface area contributed by atoms with E-state index in [0.29, 0.717) is 16.4 Å². The summed E-state index contributed by atoms with van der Waals surface area (Å²) in [5.41, 5.74) is 0.149. The number of H-pyrrole nitrogens is 1. The van der Waals surface area contributed by atoms with E-state index >= 15 is 0 Å². The standard InChI is InChI=1S/C16H8N4O6/c21-16-11(6-8-5-9(19(22)23)2-4-14(8)26-16)15-17-12-3-1-10(20(24)25)7-13(12)18-15/h1-7H,(H,17,18). The third kappa shape index (κ3) is 2.45. The molecule has 0 aliphatic carbocycles. The van der Waals surface area contributed by atoms with Gasteiger partial charge in [-0.15, -0.1) is 0 Å². The minimum atomic E-state index is -0.681. The van der Waals surface area contributed by atoms with E-state index in [1.165, 1.54) is 42.5 Å². The SMILES string of the molecule is O=c1oc2ccc([N+](=O)[O-])cc2cc1-c1nc2ccc([N+](=O)[O-])cc2[nH]1. The van der Waals surface area contributed by atoms with Crippen molar-refractivity contribution in [2.24, 2.45) is 0 Å². The minimum Gasteiger partial charge on any atom is -0.422 e. The quantitative estimate of drug-likeness (QED) is 0.338. The molecule has 10 heteroatoms. The summed E-state index contributed by atoms with van der Waals surface area (Å²) in [4.78, 5) is 40.0. The number of hydrogen-bond acceptors (Lipinski definition) is 7. The Bertz CT molecular complexity index is 1270. The first kappa shape index (κ1) is 15.4. The van der Waals surface area contributed by atoms with E-state index in [9.17, 15) is 25.0 Å². The topological polar surface area (TPSA) is 145 Å². The Kier molecular flexibility index (Phi) is 3.26. The van der Waals surface area contributed by atoms with Crippen LogP contribution < -0.4 is 5.63 Å². The Morgan fingerprint density at radius 3 is 2.38 bits per heavy atom. The lowest BCUT2D eigenvalue weighted by Crippen LogP contribution is -2.03. The van der Waals surface area contributed by atoms with E-state index in [0.717, 1.165) is 0 Å². The maximum atomic E-state index is 12.2. The number of aromatic nitrogens is 2. The van der Waals surface area contributed by atoms with Gasteiger partial charge in [-0.05, 0) is 18.2 Å². The third-order valence-corrected chi connectivity index (χ3v) is 3.86. The molecule has 0 spiro atoms. The summed E-state index contributed by atoms with van der Waals surface area (Å²) in [5, 5.41) is 22.1. The Morgan fingerprint density at radius 1 is 0.962 bits per heavy atom. The average Bonchev–Trinajstić information content (AvgIpc) is 3.03. The zero-order chi connectivity index (χ0) is 18.4. The molecule has 0 saturated carbocycles. The van der Waals surface area contributed by atoms with Gasteiger partial charge in [0.1, 0.15) is 17.0 Å². The van der Waals surface area contributed by atoms with E-state index in [4.69, 9.17) is 4.42 Å². The molecule has 0 aliphatic rings. The highest BCUT2D eigenvalue weighted by Gasteiger charge is 2.16. The second-order valence-electron chi connectivity index (χ2n) is 5.47. The van der Waals surface area contributed by atoms with Gasteiger partial charge in [-0.2, -0.15) is 0 Å². The first-order chi connectivity index (χ1) is 12.4. The molecule has 0 aliphatic heterocycles. The lowest BCUT2D eigenvalue weighted by atomic mass is 10.1. The molecule has 0 fully saturated rings. The average molecular weight is 352 g/mol. The number of aromatic amines is 1. The number of hydrogen-bond donors (Lipinski definition) is 1. The molecule has 0 saturated heterocycles. The van der Waals surface area contributed by atoms with Crippen molar-refractivity contribution in [3.05, 3.63) is 73.1 Å². The van der Waals surface area contributed by atoms with Crippen LogP contribution in [0.3, 0.4) is 0 Å². The first-order valence-corrected chi connectivity index (χ1v) is 7.29. The highest BCUT2D eigenvalue weighted by atomic mass is 16.6. The number of nitro groups is 2. The van der Waals surface area contributed by atoms with Crippen molar-refractivity contribution in [1.82, 2.24) is 9.97 Å². The molecule has 1 N–H and O–H groups in total. The predicted octanol–water partition coefficient (Wildman–Crippen LogP) is 3.15. The van der Waals surface area contributed by atoms with Gasteiger partial charge in [0, 0.05) is 29.7 Å². The highest BCUT2D eigenvalue weighted by molar-refractivity contribution is 5.85. The van der Waals surface area contributed by atoms with E-state index in [2.05, 4.69) is 9.97 Å². The van der Waals surface area contributed by atoms with Crippen molar-refractivity contribution in [2.75, 3.05) is 0 Å². The fourth-order valence-corrected chi connectivity index (χ4v) is 2.63. The van der Waals surface area contributed by atoms with Crippen LogP contribution in [-0.2, 0) is 0 Å². The Balaban J connectivity index is 1.91. The maximum absolute atomic E-state index is 12.2. The molecule has 10 nitrogen and oxygen atoms in total. The molecule has 2 aromatic carbocycles. The monoisotopic (exact) mass is 352 g/mol. The second kappa shape index (κ2) is 5.48. The predicted molar refractivity (Wildman–Crippen MR) is 90.9 cm³/mol. The summed E-state index contributed by atoms with van der Waals surface area (Å²) in [6.45, 7) is 0. The maximum Gasteiger partial charge on any atom is 0.347 e. The van der Waals surface area contributed by atoms with Gasteiger partial charge in [0.15, 0.2) is 0 Å². The van der Waals surface area contributed by atoms with Crippen LogP contribution in [0, 0.1) is 20.2 Å². The number of benzene rings is 2. The van der Waals surface area contributed by atoms with Gasteiger partial charge in [-0.25, -0.2) is 9.78 Å². The van der Waals surface area contributed by atoms with E-state index in [1.54, 1.807) is 0 Å². The number of fused-ring (bicyclic) bond motifs is 2. The van der Waals surface area contributed by atoms with Crippen LogP contribution in [-0.4, -0.2) is 19.8 Å². The highest BCUT2D eigenvalue weighted by Crippen LogP contribution is 2.26. The van der Waals surface area contributed by atoms with Crippen LogP contribution in [0.15, 0.2) is 51.7 Å². The Labute approximate surface area is 143 Å². The summed E-state index contributed by atoms with van der Waals surface area (Å²) >= 11 is 0. The van der Waals surface area contributed by atoms with Crippen LogP contribution >= 0.6 is 0 Å². The van der Waals surface area contributed by atoms with Crippen molar-refractivity contribution in [1.29, 1.82) is 0 Å². The number of nitrogens with one attached hydrogen (secondary N) is 1. The zero-order valence-electron chi connectivity index (χ0n) is 12.8. The van der Waals surface area contributed by atoms with Crippen molar-refractivity contribution < 1.29 is 14.3 Å². The number of non-ortho nitro benzene ring substituents is 2. The molecule has 2 aromatic heterocycles. The molecule has 0 atom stereocenters. The number of nitrogens with zero attached hydrogens (tertiary/aromatic N) is 3. The second-order valence-corrected chi connectivity index (χ2v) is 5.47. The van der Waals surface area contributed by atoms with Gasteiger partial charge >= 0.3 is 5.63 Å². The summed E-state index contributed by atoms with van der Waals surface area (Å²) < 4.78 is 5.19. The normalized spacial score (nSPS) is 11.1. The molecule has 128 valence electrons. The third-order valence-electron chi connectivity index (χ3n) is 3.86. The van der Waals surface area contributed by atoms with Crippen LogP contribution in [0.4, 0.5) is 11.4 Å². The summed E-state index contributed by atoms with van der Waals surface area (Å²) in [6.07, 6.45) is 0. The van der Waals surface area contributed by atoms with Gasteiger partial charge in [-0.3, -0.25) is 20.2 Å². The van der Waals surface area contributed by atoms with Gasteiger partial charge in [0.2, 0.25) is 0 Å². The molecule has 4 aromatic rings. The first-order valence-electron chi connectivity index (χ1n) is 7.29. The van der Waals surface area contributed by atoms with Gasteiger partial charge in [-0.1, -0.05) is 0 Å². The van der Waals surface area contributed by atoms with Crippen LogP contribution in [0.5, 0.6) is 0 Å². The Morgan fingerprint density at radius 2 is 1.65 bits per heavy atom. The van der Waals surface area contributed by atoms with Crippen molar-refractivity contribution in [3.8, 4) is 11.4 Å². The summed E-state index contributed by atoms with van der Waals surface area (Å²) in [6, 6.07) is 9.38. The molecule has 0 amide bonds. The van der Waals surface area contributed by atoms with Crippen molar-refractivity contribution in [3.63, 3.8) is 0 Å². The molecule has 0 radical (unpaired) electrons. The van der Waals surface area contributed by atoms with Gasteiger partial charge in [0.05, 0.1) is 20.9 Å². The molecule has 0 unspecified atom stereocenters. The molecule has 4 rings (SSSR count). The number of imidazole rings is 1. The summed E-state index contributed by atoms with van der Waals surface area (Å²) in [7, 11) is 0. The minimum absolute atomic E-state index is 0.0665. The lowest BCUT2D eigenvalue weighted by molar-refractivity contribution is -0.384. The molecule has 2 heterocycles. The van der Waals surface area contributed by atoms with Crippen LogP contribution in [0.1, 0.15) is 0 Å². The molecule has 0 bridgehead atoms. The van der Waals surface area contributed by atoms with E-state index in [-0.39, 0.29) is 28.3 Å². The smallest absolute Gasteiger partial charge is 0.347 e. The fourth-order valence-electron chi connectivity index (χ4n) is 2.63. The van der Waals surface area contributed by atoms with E-state index in [1.807, 2.05) is 0 Å². The lowest BCUT2D eigenvalue weighted by Gasteiger charge is -2.00. The van der Waals surface area contributed by atoms with Crippen LogP contribution in [0.25, 0.3) is 33.4 Å². The largest absolute Gasteiger partial charge is 0.422 e. The molecule has 26 heavy (non-hydrogen) atoms. The van der Waals surface area contributed by atoms with E-state index < -0.39 is 15.5 Å². The van der Waals surface area contributed by atoms with Crippen molar-refractivity contribution in [2.45, 2.75) is 0 Å². The number of rotatable bonds is 3. The number of nitro benzene ring substituents is 2. The van der Waals surface area contributed by atoms with Gasteiger partial charge < -0.3 is 9.40 Å². The van der Waals surface area contributed by atoms with Crippen LogP contribution in [0.2, 0.25) is 0 Å². The fraction of sp³-hybridized carbons (Fsp3) is 0. The summed E-state index contributed by atoms with van der Waals surface area (Å²) in [5.74, 6) is 0.155. The Hall–Kier alpha value is -4.08. The van der Waals surface area contributed by atoms with Gasteiger partial charge in [0.25, 0.3) is 11.4 Å².